The van der Waals surface area contributed by atoms with Gasteiger partial charge in [-0.3, -0.25) is 0 Å². The van der Waals surface area contributed by atoms with Gasteiger partial charge in [-0.15, -0.1) is 0 Å². The van der Waals surface area contributed by atoms with Gasteiger partial charge < -0.3 is 4.74 Å². The summed E-state index contributed by atoms with van der Waals surface area (Å²) >= 11 is 0. The average Bonchev–Trinajstić information content (AvgIpc) is 2.25. The van der Waals surface area contributed by atoms with Gasteiger partial charge in [-0.05, 0) is 0 Å². The summed E-state index contributed by atoms with van der Waals surface area (Å²) in [6.07, 6.45) is -7.65. The molecule has 3 nitrogen and oxygen atoms in total. The summed E-state index contributed by atoms with van der Waals surface area (Å²) in [6.45, 7) is 0. The molecule has 0 bridgehead atoms. The number of alkyl halides is 5. The number of ether oxygens (including phenoxy) is 1. The van der Waals surface area contributed by atoms with Gasteiger partial charge in [0.2, 0.25) is 0 Å². The molecule has 1 rings (SSSR count). The van der Waals surface area contributed by atoms with Crippen LogP contribution in [0.1, 0.15) is 23.2 Å². The van der Waals surface area contributed by atoms with Crippen molar-refractivity contribution in [2.45, 2.75) is 12.6 Å². The van der Waals surface area contributed by atoms with Gasteiger partial charge in [-0.1, -0.05) is 0 Å². The highest BCUT2D eigenvalue weighted by Crippen LogP contribution is 2.39. The molecule has 0 atom stereocenters. The van der Waals surface area contributed by atoms with E-state index in [0.29, 0.717) is 6.20 Å². The normalized spacial score (nSPS) is 11.4. The largest absolute Gasteiger partial charge is 0.493 e. The van der Waals surface area contributed by atoms with E-state index >= 15 is 0 Å². The first-order valence-electron chi connectivity index (χ1n) is 4.15. The molecule has 0 saturated carbocycles. The van der Waals surface area contributed by atoms with Crippen molar-refractivity contribution < 1.29 is 26.7 Å². The number of aromatic nitrogens is 1. The number of nitriles is 1. The number of rotatable bonds is 2. The maximum atomic E-state index is 12.4. The zero-order chi connectivity index (χ0) is 13.2. The summed E-state index contributed by atoms with van der Waals surface area (Å²) < 4.78 is 66.5. The van der Waals surface area contributed by atoms with Gasteiger partial charge in [0.1, 0.15) is 11.6 Å². The van der Waals surface area contributed by atoms with Crippen LogP contribution in [0.4, 0.5) is 22.0 Å². The molecule has 0 aliphatic rings. The molecular formula is C9H5F5N2O. The van der Waals surface area contributed by atoms with Gasteiger partial charge in [-0.2, -0.15) is 18.4 Å². The van der Waals surface area contributed by atoms with Gasteiger partial charge in [0.25, 0.3) is 6.43 Å². The van der Waals surface area contributed by atoms with Crippen LogP contribution in [0.5, 0.6) is 5.75 Å². The number of hydrogen-bond donors (Lipinski definition) is 0. The van der Waals surface area contributed by atoms with Crippen LogP contribution in [-0.4, -0.2) is 12.1 Å². The Hall–Kier alpha value is -1.91. The summed E-state index contributed by atoms with van der Waals surface area (Å²) in [5.74, 6) is -0.988. The van der Waals surface area contributed by atoms with E-state index in [-0.39, 0.29) is 0 Å². The fourth-order valence-corrected chi connectivity index (χ4v) is 1.19. The lowest BCUT2D eigenvalue weighted by atomic mass is 10.1. The third kappa shape index (κ3) is 2.43. The second-order valence-corrected chi connectivity index (χ2v) is 2.88. The van der Waals surface area contributed by atoms with Crippen LogP contribution in [0.2, 0.25) is 0 Å². The van der Waals surface area contributed by atoms with Gasteiger partial charge >= 0.3 is 6.18 Å². The van der Waals surface area contributed by atoms with Crippen LogP contribution in [0.15, 0.2) is 6.20 Å². The minimum Gasteiger partial charge on any atom is -0.493 e. The van der Waals surface area contributed by atoms with Crippen LogP contribution >= 0.6 is 0 Å². The Kier molecular flexibility index (Phi) is 3.50. The molecule has 0 N–H and O–H groups in total. The van der Waals surface area contributed by atoms with Crippen molar-refractivity contribution in [1.82, 2.24) is 4.98 Å². The Labute approximate surface area is 92.4 Å². The van der Waals surface area contributed by atoms with Crippen LogP contribution in [0.25, 0.3) is 0 Å². The summed E-state index contributed by atoms with van der Waals surface area (Å²) in [5, 5.41) is 8.61. The molecule has 17 heavy (non-hydrogen) atoms. The van der Waals surface area contributed by atoms with Crippen molar-refractivity contribution in [1.29, 1.82) is 5.26 Å². The van der Waals surface area contributed by atoms with Gasteiger partial charge in [0.15, 0.2) is 11.4 Å². The van der Waals surface area contributed by atoms with Crippen molar-refractivity contribution in [3.05, 3.63) is 23.0 Å². The summed E-state index contributed by atoms with van der Waals surface area (Å²) in [6, 6.07) is 1.26. The van der Waals surface area contributed by atoms with E-state index in [2.05, 4.69) is 9.72 Å². The van der Waals surface area contributed by atoms with Crippen molar-refractivity contribution in [3.8, 4) is 11.8 Å². The van der Waals surface area contributed by atoms with E-state index in [1.165, 1.54) is 6.07 Å². The highest BCUT2D eigenvalue weighted by Gasteiger charge is 2.38. The number of pyridine rings is 1. The third-order valence-electron chi connectivity index (χ3n) is 1.88. The predicted molar refractivity (Wildman–Crippen MR) is 45.5 cm³/mol. The van der Waals surface area contributed by atoms with Crippen LogP contribution in [0.3, 0.4) is 0 Å². The monoisotopic (exact) mass is 252 g/mol. The molecule has 92 valence electrons. The Balaban J connectivity index is 3.56. The van der Waals surface area contributed by atoms with E-state index in [1.807, 2.05) is 0 Å². The summed E-state index contributed by atoms with van der Waals surface area (Å²) in [4.78, 5) is 2.87. The molecule has 0 aliphatic carbocycles. The van der Waals surface area contributed by atoms with Gasteiger partial charge in [-0.25, -0.2) is 13.8 Å². The lowest BCUT2D eigenvalue weighted by molar-refractivity contribution is -0.142. The highest BCUT2D eigenvalue weighted by molar-refractivity contribution is 5.51. The molecule has 0 saturated heterocycles. The molecule has 1 aromatic rings. The lowest BCUT2D eigenvalue weighted by Crippen LogP contribution is -2.12. The Morgan fingerprint density at radius 1 is 1.41 bits per heavy atom. The number of methoxy groups -OCH3 is 1. The fraction of sp³-hybridized carbons (Fsp3) is 0.333. The SMILES string of the molecule is COc1c(C(F)(F)F)ncc(C(F)F)c1C#N. The van der Waals surface area contributed by atoms with Gasteiger partial charge in [0, 0.05) is 6.20 Å². The predicted octanol–water partition coefficient (Wildman–Crippen LogP) is 2.92. The molecule has 0 aromatic carbocycles. The molecule has 0 fully saturated rings. The van der Waals surface area contributed by atoms with E-state index in [1.54, 1.807) is 0 Å². The van der Waals surface area contributed by atoms with Gasteiger partial charge in [0.05, 0.1) is 12.7 Å². The van der Waals surface area contributed by atoms with E-state index in [9.17, 15) is 22.0 Å². The van der Waals surface area contributed by atoms with E-state index in [0.717, 1.165) is 7.11 Å². The molecule has 0 spiro atoms. The Morgan fingerprint density at radius 2 is 2.00 bits per heavy atom. The molecule has 0 radical (unpaired) electrons. The molecule has 0 aliphatic heterocycles. The Morgan fingerprint density at radius 3 is 2.35 bits per heavy atom. The molecule has 0 amide bonds. The average molecular weight is 252 g/mol. The first kappa shape index (κ1) is 13.2. The van der Waals surface area contributed by atoms with E-state index in [4.69, 9.17) is 5.26 Å². The zero-order valence-electron chi connectivity index (χ0n) is 8.35. The minimum absolute atomic E-state index is 0.328. The standard InChI is InChI=1S/C9H5F5N2O/c1-17-6-4(2-15)5(8(10)11)3-16-7(6)9(12,13)14/h3,8H,1H3. The number of hydrogen-bond acceptors (Lipinski definition) is 3. The minimum atomic E-state index is -4.88. The van der Waals surface area contributed by atoms with Crippen molar-refractivity contribution in [2.24, 2.45) is 0 Å². The first-order chi connectivity index (χ1) is 7.82. The fourth-order valence-electron chi connectivity index (χ4n) is 1.19. The Bertz CT molecular complexity index is 464. The molecule has 1 aromatic heterocycles. The summed E-state index contributed by atoms with van der Waals surface area (Å²) in [5.41, 5.74) is -3.25. The van der Waals surface area contributed by atoms with Crippen molar-refractivity contribution in [3.63, 3.8) is 0 Å². The molecular weight excluding hydrogens is 247 g/mol. The second kappa shape index (κ2) is 4.53. The second-order valence-electron chi connectivity index (χ2n) is 2.88. The smallest absolute Gasteiger partial charge is 0.437 e. The topological polar surface area (TPSA) is 45.9 Å². The molecule has 8 heteroatoms. The quantitative estimate of drug-likeness (QED) is 0.760. The van der Waals surface area contributed by atoms with Crippen molar-refractivity contribution in [2.75, 3.05) is 7.11 Å². The van der Waals surface area contributed by atoms with Crippen LogP contribution in [0, 0.1) is 11.3 Å². The molecule has 0 unspecified atom stereocenters. The third-order valence-corrected chi connectivity index (χ3v) is 1.88. The highest BCUT2D eigenvalue weighted by atomic mass is 19.4. The number of nitrogens with zero attached hydrogens (tertiary/aromatic N) is 2. The maximum absolute atomic E-state index is 12.4. The van der Waals surface area contributed by atoms with Crippen LogP contribution in [-0.2, 0) is 6.18 Å². The number of halogens is 5. The van der Waals surface area contributed by atoms with Crippen LogP contribution < -0.4 is 4.74 Å². The summed E-state index contributed by atoms with van der Waals surface area (Å²) in [7, 11) is 0.850. The molecule has 1 heterocycles. The maximum Gasteiger partial charge on any atom is 0.437 e. The van der Waals surface area contributed by atoms with Crippen molar-refractivity contribution >= 4 is 0 Å². The van der Waals surface area contributed by atoms with E-state index < -0.39 is 35.2 Å². The lowest BCUT2D eigenvalue weighted by Gasteiger charge is -2.13. The first-order valence-corrected chi connectivity index (χ1v) is 4.15. The zero-order valence-corrected chi connectivity index (χ0v) is 8.35.